The lowest BCUT2D eigenvalue weighted by atomic mass is 10.3. The van der Waals surface area contributed by atoms with Crippen LogP contribution in [-0.2, 0) is 6.54 Å². The first-order chi connectivity index (χ1) is 7.40. The third kappa shape index (κ3) is 2.47. The number of thiophene rings is 1. The standard InChI is InChI=1S/C11H12N2OS/c1-14-11-10(3-2-5-12-11)13-7-9-4-6-15-8-9/h2-6,8,13H,7H2,1H3. The van der Waals surface area contributed by atoms with Gasteiger partial charge in [-0.05, 0) is 34.5 Å². The molecule has 0 unspecified atom stereocenters. The molecule has 0 atom stereocenters. The van der Waals surface area contributed by atoms with E-state index < -0.39 is 0 Å². The Balaban J connectivity index is 2.04. The van der Waals surface area contributed by atoms with Crippen molar-refractivity contribution in [1.82, 2.24) is 4.98 Å². The highest BCUT2D eigenvalue weighted by Crippen LogP contribution is 2.20. The van der Waals surface area contributed by atoms with E-state index in [9.17, 15) is 0 Å². The van der Waals surface area contributed by atoms with Gasteiger partial charge in [-0.1, -0.05) is 0 Å². The number of methoxy groups -OCH3 is 1. The Bertz CT molecular complexity index is 414. The smallest absolute Gasteiger partial charge is 0.237 e. The van der Waals surface area contributed by atoms with Gasteiger partial charge in [0.05, 0.1) is 12.8 Å². The van der Waals surface area contributed by atoms with Gasteiger partial charge in [-0.3, -0.25) is 0 Å². The summed E-state index contributed by atoms with van der Waals surface area (Å²) in [6.07, 6.45) is 1.72. The zero-order valence-electron chi connectivity index (χ0n) is 8.43. The number of ether oxygens (including phenoxy) is 1. The molecule has 0 aliphatic heterocycles. The van der Waals surface area contributed by atoms with Crippen molar-refractivity contribution in [3.05, 3.63) is 40.7 Å². The zero-order valence-corrected chi connectivity index (χ0v) is 9.25. The third-order valence-electron chi connectivity index (χ3n) is 2.03. The molecular weight excluding hydrogens is 208 g/mol. The topological polar surface area (TPSA) is 34.1 Å². The van der Waals surface area contributed by atoms with Gasteiger partial charge in [0.25, 0.3) is 0 Å². The molecule has 0 spiro atoms. The summed E-state index contributed by atoms with van der Waals surface area (Å²) in [5, 5.41) is 7.47. The van der Waals surface area contributed by atoms with Gasteiger partial charge < -0.3 is 10.1 Å². The normalized spacial score (nSPS) is 9.93. The highest BCUT2D eigenvalue weighted by atomic mass is 32.1. The molecule has 1 N–H and O–H groups in total. The lowest BCUT2D eigenvalue weighted by Gasteiger charge is -2.08. The molecule has 2 heterocycles. The molecule has 0 amide bonds. The quantitative estimate of drug-likeness (QED) is 0.860. The molecule has 2 aromatic rings. The van der Waals surface area contributed by atoms with Gasteiger partial charge in [-0.25, -0.2) is 4.98 Å². The molecular formula is C11H12N2OS. The van der Waals surface area contributed by atoms with Gasteiger partial charge in [-0.2, -0.15) is 11.3 Å². The first kappa shape index (κ1) is 9.98. The second kappa shape index (κ2) is 4.79. The molecule has 0 aromatic carbocycles. The molecule has 3 nitrogen and oxygen atoms in total. The number of aromatic nitrogens is 1. The van der Waals surface area contributed by atoms with Crippen LogP contribution in [0.25, 0.3) is 0 Å². The van der Waals surface area contributed by atoms with Crippen molar-refractivity contribution in [1.29, 1.82) is 0 Å². The van der Waals surface area contributed by atoms with Crippen molar-refractivity contribution in [2.75, 3.05) is 12.4 Å². The molecule has 0 aliphatic rings. The Kier molecular flexibility index (Phi) is 3.19. The van der Waals surface area contributed by atoms with E-state index in [-0.39, 0.29) is 0 Å². The maximum atomic E-state index is 5.14. The molecule has 0 bridgehead atoms. The van der Waals surface area contributed by atoms with Crippen molar-refractivity contribution < 1.29 is 4.74 Å². The van der Waals surface area contributed by atoms with Crippen LogP contribution in [0.5, 0.6) is 5.88 Å². The molecule has 0 saturated carbocycles. The summed E-state index contributed by atoms with van der Waals surface area (Å²) >= 11 is 1.70. The average molecular weight is 220 g/mol. The Morgan fingerprint density at radius 2 is 2.40 bits per heavy atom. The summed E-state index contributed by atoms with van der Waals surface area (Å²) in [6.45, 7) is 0.797. The van der Waals surface area contributed by atoms with Gasteiger partial charge in [-0.15, -0.1) is 0 Å². The minimum absolute atomic E-state index is 0.632. The van der Waals surface area contributed by atoms with Crippen LogP contribution >= 0.6 is 11.3 Å². The van der Waals surface area contributed by atoms with Crippen LogP contribution in [0.4, 0.5) is 5.69 Å². The summed E-state index contributed by atoms with van der Waals surface area (Å²) in [7, 11) is 1.62. The number of hydrogen-bond donors (Lipinski definition) is 1. The first-order valence-electron chi connectivity index (χ1n) is 4.64. The highest BCUT2D eigenvalue weighted by Gasteiger charge is 2.01. The van der Waals surface area contributed by atoms with E-state index in [0.29, 0.717) is 5.88 Å². The molecule has 2 aromatic heterocycles. The monoisotopic (exact) mass is 220 g/mol. The van der Waals surface area contributed by atoms with Crippen LogP contribution < -0.4 is 10.1 Å². The lowest BCUT2D eigenvalue weighted by molar-refractivity contribution is 0.399. The Labute approximate surface area is 92.7 Å². The molecule has 78 valence electrons. The van der Waals surface area contributed by atoms with Crippen LogP contribution in [0, 0.1) is 0 Å². The number of pyridine rings is 1. The van der Waals surface area contributed by atoms with E-state index in [1.807, 2.05) is 12.1 Å². The number of nitrogens with one attached hydrogen (secondary N) is 1. The lowest BCUT2D eigenvalue weighted by Crippen LogP contribution is -2.01. The second-order valence-corrected chi connectivity index (χ2v) is 3.83. The molecule has 0 fully saturated rings. The van der Waals surface area contributed by atoms with Gasteiger partial charge in [0.2, 0.25) is 5.88 Å². The zero-order chi connectivity index (χ0) is 10.5. The van der Waals surface area contributed by atoms with Crippen molar-refractivity contribution in [2.24, 2.45) is 0 Å². The number of hydrogen-bond acceptors (Lipinski definition) is 4. The van der Waals surface area contributed by atoms with Crippen LogP contribution in [0.2, 0.25) is 0 Å². The predicted molar refractivity (Wildman–Crippen MR) is 62.4 cm³/mol. The fraction of sp³-hybridized carbons (Fsp3) is 0.182. The van der Waals surface area contributed by atoms with Crippen LogP contribution in [0.1, 0.15) is 5.56 Å². The number of rotatable bonds is 4. The molecule has 0 aliphatic carbocycles. The van der Waals surface area contributed by atoms with Crippen molar-refractivity contribution in [3.8, 4) is 5.88 Å². The van der Waals surface area contributed by atoms with Crippen molar-refractivity contribution >= 4 is 17.0 Å². The summed E-state index contributed by atoms with van der Waals surface area (Å²) in [5.41, 5.74) is 2.19. The minimum Gasteiger partial charge on any atom is -0.480 e. The van der Waals surface area contributed by atoms with Gasteiger partial charge in [0, 0.05) is 12.7 Å². The van der Waals surface area contributed by atoms with Crippen LogP contribution in [0.3, 0.4) is 0 Å². The summed E-state index contributed by atoms with van der Waals surface area (Å²) in [4.78, 5) is 4.11. The fourth-order valence-corrected chi connectivity index (χ4v) is 1.95. The van der Waals surface area contributed by atoms with Crippen LogP contribution in [0.15, 0.2) is 35.2 Å². The number of anilines is 1. The average Bonchev–Trinajstić information content (AvgIpc) is 2.79. The predicted octanol–water partition coefficient (Wildman–Crippen LogP) is 2.76. The van der Waals surface area contributed by atoms with Crippen molar-refractivity contribution in [2.45, 2.75) is 6.54 Å². The molecule has 0 saturated heterocycles. The van der Waals surface area contributed by atoms with E-state index in [2.05, 4.69) is 27.1 Å². The van der Waals surface area contributed by atoms with Gasteiger partial charge in [0.1, 0.15) is 0 Å². The van der Waals surface area contributed by atoms with E-state index in [1.54, 1.807) is 24.6 Å². The second-order valence-electron chi connectivity index (χ2n) is 3.05. The third-order valence-corrected chi connectivity index (χ3v) is 2.76. The Morgan fingerprint density at radius 3 is 3.13 bits per heavy atom. The van der Waals surface area contributed by atoms with E-state index >= 15 is 0 Å². The van der Waals surface area contributed by atoms with Gasteiger partial charge >= 0.3 is 0 Å². The van der Waals surface area contributed by atoms with E-state index in [4.69, 9.17) is 4.74 Å². The fourth-order valence-electron chi connectivity index (χ4n) is 1.28. The molecule has 0 radical (unpaired) electrons. The van der Waals surface area contributed by atoms with Crippen molar-refractivity contribution in [3.63, 3.8) is 0 Å². The number of nitrogens with zero attached hydrogens (tertiary/aromatic N) is 1. The molecule has 2 rings (SSSR count). The SMILES string of the molecule is COc1ncccc1NCc1ccsc1. The first-order valence-corrected chi connectivity index (χ1v) is 5.58. The maximum Gasteiger partial charge on any atom is 0.237 e. The van der Waals surface area contributed by atoms with E-state index in [1.165, 1.54) is 5.56 Å². The molecule has 4 heteroatoms. The summed E-state index contributed by atoms with van der Waals surface area (Å²) in [6, 6.07) is 5.94. The van der Waals surface area contributed by atoms with Gasteiger partial charge in [0.15, 0.2) is 0 Å². The summed E-state index contributed by atoms with van der Waals surface area (Å²) < 4.78 is 5.14. The Hall–Kier alpha value is -1.55. The van der Waals surface area contributed by atoms with Crippen LogP contribution in [-0.4, -0.2) is 12.1 Å². The highest BCUT2D eigenvalue weighted by molar-refractivity contribution is 7.07. The minimum atomic E-state index is 0.632. The summed E-state index contributed by atoms with van der Waals surface area (Å²) in [5.74, 6) is 0.632. The largest absolute Gasteiger partial charge is 0.480 e. The Morgan fingerprint density at radius 1 is 1.47 bits per heavy atom. The molecule has 15 heavy (non-hydrogen) atoms. The van der Waals surface area contributed by atoms with E-state index in [0.717, 1.165) is 12.2 Å². The maximum absolute atomic E-state index is 5.14.